The number of hydrogen-bond acceptors (Lipinski definition) is 6. The van der Waals surface area contributed by atoms with E-state index in [1.165, 1.54) is 17.8 Å². The second-order valence-corrected chi connectivity index (χ2v) is 6.49. The Balaban J connectivity index is 1.56. The number of aromatic nitrogens is 4. The van der Waals surface area contributed by atoms with Crippen LogP contribution in [0.25, 0.3) is 11.1 Å². The lowest BCUT2D eigenvalue weighted by Crippen LogP contribution is -2.08. The third-order valence-corrected chi connectivity index (χ3v) is 4.59. The molecule has 0 spiro atoms. The minimum absolute atomic E-state index is 0.0793. The van der Waals surface area contributed by atoms with Gasteiger partial charge in [0.05, 0.1) is 0 Å². The van der Waals surface area contributed by atoms with Crippen LogP contribution >= 0.6 is 11.8 Å². The third-order valence-electron chi connectivity index (χ3n) is 3.75. The number of fused-ring (bicyclic) bond motifs is 1. The number of benzene rings is 2. The molecule has 8 heteroatoms. The Morgan fingerprint density at radius 3 is 2.78 bits per heavy atom. The molecule has 2 aromatic carbocycles. The summed E-state index contributed by atoms with van der Waals surface area (Å²) >= 11 is 1.26. The first-order valence-electron chi connectivity index (χ1n) is 8.18. The van der Waals surface area contributed by atoms with Crippen LogP contribution < -0.4 is 4.74 Å². The van der Waals surface area contributed by atoms with E-state index < -0.39 is 5.82 Å². The zero-order valence-corrected chi connectivity index (χ0v) is 15.0. The maximum absolute atomic E-state index is 13.7. The van der Waals surface area contributed by atoms with Crippen LogP contribution in [0.1, 0.15) is 5.82 Å². The van der Waals surface area contributed by atoms with E-state index in [1.54, 1.807) is 24.3 Å². The fourth-order valence-electron chi connectivity index (χ4n) is 2.49. The Labute approximate surface area is 158 Å². The van der Waals surface area contributed by atoms with Crippen LogP contribution in [0.5, 0.6) is 5.75 Å². The standard InChI is InChI=1S/C19H15FN4O2S/c1-2-11-24-17(12-25-15-9-5-3-7-13(15)20)22-23-18(24)27-19-21-14-8-4-6-10-16(14)26-19/h2-10H,1,11-12H2. The highest BCUT2D eigenvalue weighted by atomic mass is 32.2. The van der Waals surface area contributed by atoms with Crippen LogP contribution in [-0.4, -0.2) is 19.7 Å². The second-order valence-electron chi connectivity index (χ2n) is 5.57. The number of nitrogens with zero attached hydrogens (tertiary/aromatic N) is 4. The monoisotopic (exact) mass is 382 g/mol. The number of allylic oxidation sites excluding steroid dienone is 1. The van der Waals surface area contributed by atoms with Crippen molar-refractivity contribution in [3.8, 4) is 5.75 Å². The molecule has 2 aromatic heterocycles. The average Bonchev–Trinajstić information content (AvgIpc) is 3.25. The van der Waals surface area contributed by atoms with Crippen molar-refractivity contribution in [3.63, 3.8) is 0 Å². The minimum atomic E-state index is -0.423. The molecule has 2 heterocycles. The summed E-state index contributed by atoms with van der Waals surface area (Å²) in [4.78, 5) is 4.43. The molecule has 136 valence electrons. The van der Waals surface area contributed by atoms with Crippen LogP contribution in [0.2, 0.25) is 0 Å². The van der Waals surface area contributed by atoms with Gasteiger partial charge in [-0.05, 0) is 24.3 Å². The average molecular weight is 382 g/mol. The summed E-state index contributed by atoms with van der Waals surface area (Å²) in [6.07, 6.45) is 1.73. The molecule has 0 radical (unpaired) electrons. The Kier molecular flexibility index (Phi) is 4.88. The molecular formula is C19H15FN4O2S. The molecule has 0 saturated carbocycles. The van der Waals surface area contributed by atoms with Gasteiger partial charge < -0.3 is 9.15 Å². The Hall–Kier alpha value is -3.13. The van der Waals surface area contributed by atoms with Gasteiger partial charge in [0.2, 0.25) is 5.16 Å². The zero-order valence-electron chi connectivity index (χ0n) is 14.2. The smallest absolute Gasteiger partial charge is 0.264 e. The van der Waals surface area contributed by atoms with Gasteiger partial charge in [-0.15, -0.1) is 16.8 Å². The van der Waals surface area contributed by atoms with Crippen molar-refractivity contribution in [2.24, 2.45) is 0 Å². The van der Waals surface area contributed by atoms with Crippen molar-refractivity contribution in [2.45, 2.75) is 23.5 Å². The fourth-order valence-corrected chi connectivity index (χ4v) is 3.29. The van der Waals surface area contributed by atoms with Crippen LogP contribution in [0.15, 0.2) is 76.0 Å². The summed E-state index contributed by atoms with van der Waals surface area (Å²) in [5.74, 6) is 0.295. The molecular weight excluding hydrogens is 367 g/mol. The summed E-state index contributed by atoms with van der Waals surface area (Å²) in [5.41, 5.74) is 1.48. The third kappa shape index (κ3) is 3.70. The molecule has 4 rings (SSSR count). The van der Waals surface area contributed by atoms with Gasteiger partial charge in [-0.2, -0.15) is 0 Å². The van der Waals surface area contributed by atoms with Gasteiger partial charge in [-0.3, -0.25) is 4.57 Å². The molecule has 0 fully saturated rings. The molecule has 0 bridgehead atoms. The van der Waals surface area contributed by atoms with Crippen molar-refractivity contribution in [1.29, 1.82) is 0 Å². The van der Waals surface area contributed by atoms with Gasteiger partial charge in [-0.25, -0.2) is 9.37 Å². The second kappa shape index (κ2) is 7.63. The van der Waals surface area contributed by atoms with E-state index in [9.17, 15) is 4.39 Å². The molecule has 0 aliphatic rings. The highest BCUT2D eigenvalue weighted by Gasteiger charge is 2.17. The quantitative estimate of drug-likeness (QED) is 0.439. The first-order valence-corrected chi connectivity index (χ1v) is 9.00. The first-order chi connectivity index (χ1) is 13.2. The molecule has 0 amide bonds. The van der Waals surface area contributed by atoms with Crippen molar-refractivity contribution >= 4 is 22.9 Å². The van der Waals surface area contributed by atoms with E-state index in [-0.39, 0.29) is 12.4 Å². The normalized spacial score (nSPS) is 11.0. The van der Waals surface area contributed by atoms with Gasteiger partial charge in [0, 0.05) is 18.3 Å². The molecule has 0 aliphatic carbocycles. The van der Waals surface area contributed by atoms with Crippen LogP contribution in [0.4, 0.5) is 4.39 Å². The number of rotatable bonds is 7. The molecule has 0 aliphatic heterocycles. The fraction of sp³-hybridized carbons (Fsp3) is 0.105. The van der Waals surface area contributed by atoms with Crippen molar-refractivity contribution < 1.29 is 13.5 Å². The summed E-state index contributed by atoms with van der Waals surface area (Å²) in [6, 6.07) is 13.8. The van der Waals surface area contributed by atoms with Gasteiger partial charge in [0.15, 0.2) is 23.0 Å². The van der Waals surface area contributed by atoms with Gasteiger partial charge >= 0.3 is 0 Å². The molecule has 0 atom stereocenters. The molecule has 4 aromatic rings. The van der Waals surface area contributed by atoms with E-state index in [1.807, 2.05) is 28.8 Å². The molecule has 6 nitrogen and oxygen atoms in total. The minimum Gasteiger partial charge on any atom is -0.483 e. The van der Waals surface area contributed by atoms with Gasteiger partial charge in [-0.1, -0.05) is 30.3 Å². The highest BCUT2D eigenvalue weighted by molar-refractivity contribution is 7.99. The van der Waals surface area contributed by atoms with Crippen LogP contribution in [0, 0.1) is 5.82 Å². The predicted octanol–water partition coefficient (Wildman–Crippen LogP) is 4.47. The van der Waals surface area contributed by atoms with E-state index in [0.29, 0.717) is 28.3 Å². The maximum Gasteiger partial charge on any atom is 0.264 e. The Morgan fingerprint density at radius 1 is 1.15 bits per heavy atom. The summed E-state index contributed by atoms with van der Waals surface area (Å²) in [6.45, 7) is 4.32. The van der Waals surface area contributed by atoms with Crippen molar-refractivity contribution in [1.82, 2.24) is 19.7 Å². The van der Waals surface area contributed by atoms with Gasteiger partial charge in [0.25, 0.3) is 5.22 Å². The lowest BCUT2D eigenvalue weighted by atomic mass is 10.3. The SMILES string of the molecule is C=CCn1c(COc2ccccc2F)nnc1Sc1nc2ccccc2o1. The lowest BCUT2D eigenvalue weighted by molar-refractivity contribution is 0.275. The topological polar surface area (TPSA) is 66.0 Å². The largest absolute Gasteiger partial charge is 0.483 e. The summed E-state index contributed by atoms with van der Waals surface area (Å²) in [7, 11) is 0. The number of halogens is 1. The van der Waals surface area contributed by atoms with Crippen LogP contribution in [-0.2, 0) is 13.2 Å². The van der Waals surface area contributed by atoms with Crippen molar-refractivity contribution in [2.75, 3.05) is 0 Å². The van der Waals surface area contributed by atoms with E-state index in [2.05, 4.69) is 21.8 Å². The van der Waals surface area contributed by atoms with E-state index >= 15 is 0 Å². The highest BCUT2D eigenvalue weighted by Crippen LogP contribution is 2.29. The zero-order chi connectivity index (χ0) is 18.6. The number of ether oxygens (including phenoxy) is 1. The number of oxazole rings is 1. The first kappa shape index (κ1) is 17.3. The summed E-state index contributed by atoms with van der Waals surface area (Å²) < 4.78 is 26.8. The predicted molar refractivity (Wildman–Crippen MR) is 99.1 cm³/mol. The Morgan fingerprint density at radius 2 is 1.96 bits per heavy atom. The summed E-state index contributed by atoms with van der Waals surface area (Å²) in [5, 5.41) is 9.41. The van der Waals surface area contributed by atoms with E-state index in [0.717, 1.165) is 5.52 Å². The molecule has 0 N–H and O–H groups in total. The van der Waals surface area contributed by atoms with Crippen molar-refractivity contribution in [3.05, 3.63) is 72.8 Å². The number of para-hydroxylation sites is 3. The molecule has 0 saturated heterocycles. The van der Waals surface area contributed by atoms with Gasteiger partial charge in [0.1, 0.15) is 12.1 Å². The molecule has 0 unspecified atom stereocenters. The Bertz CT molecular complexity index is 1060. The lowest BCUT2D eigenvalue weighted by Gasteiger charge is -2.08. The molecule has 27 heavy (non-hydrogen) atoms. The van der Waals surface area contributed by atoms with Crippen LogP contribution in [0.3, 0.4) is 0 Å². The maximum atomic E-state index is 13.7. The van der Waals surface area contributed by atoms with E-state index in [4.69, 9.17) is 9.15 Å². The number of hydrogen-bond donors (Lipinski definition) is 0.